The first-order chi connectivity index (χ1) is 8.54. The van der Waals surface area contributed by atoms with Crippen LogP contribution in [0.4, 0.5) is 8.78 Å². The maximum Gasteiger partial charge on any atom is 0.160 e. The van der Waals surface area contributed by atoms with E-state index >= 15 is 0 Å². The Bertz CT molecular complexity index is 568. The van der Waals surface area contributed by atoms with Crippen LogP contribution < -0.4 is 0 Å². The Balaban J connectivity index is 2.46. The third-order valence-corrected chi connectivity index (χ3v) is 4.00. The van der Waals surface area contributed by atoms with Crippen molar-refractivity contribution in [2.45, 2.75) is 18.2 Å². The summed E-state index contributed by atoms with van der Waals surface area (Å²) in [6.45, 7) is 1.95. The lowest BCUT2D eigenvalue weighted by Gasteiger charge is -2.12. The second-order valence-corrected chi connectivity index (χ2v) is 5.13. The number of rotatable bonds is 3. The molecule has 0 saturated heterocycles. The van der Waals surface area contributed by atoms with Crippen molar-refractivity contribution in [3.8, 4) is 0 Å². The molecule has 0 aliphatic rings. The van der Waals surface area contributed by atoms with Gasteiger partial charge in [-0.3, -0.25) is 0 Å². The summed E-state index contributed by atoms with van der Waals surface area (Å²) in [4.78, 5) is -0.325. The summed E-state index contributed by atoms with van der Waals surface area (Å²) in [6.07, 6.45) is 2.28. The van der Waals surface area contributed by atoms with Gasteiger partial charge in [-0.05, 0) is 23.8 Å². The van der Waals surface area contributed by atoms with E-state index < -0.39 is 11.6 Å². The van der Waals surface area contributed by atoms with E-state index in [0.29, 0.717) is 12.0 Å². The molecule has 0 aliphatic carbocycles. The summed E-state index contributed by atoms with van der Waals surface area (Å²) in [7, 11) is 0. The maximum absolute atomic E-state index is 13.3. The molecule has 0 bridgehead atoms. The average molecular weight is 336 g/mol. The van der Waals surface area contributed by atoms with Gasteiger partial charge in [0.1, 0.15) is 5.76 Å². The van der Waals surface area contributed by atoms with E-state index in [-0.39, 0.29) is 9.85 Å². The smallest absolute Gasteiger partial charge is 0.160 e. The van der Waals surface area contributed by atoms with Crippen LogP contribution >= 0.6 is 27.5 Å². The van der Waals surface area contributed by atoms with Gasteiger partial charge in [0.15, 0.2) is 11.6 Å². The highest BCUT2D eigenvalue weighted by Crippen LogP contribution is 2.38. The number of benzene rings is 1. The normalized spacial score (nSPS) is 12.7. The second-order valence-electron chi connectivity index (χ2n) is 3.80. The fourth-order valence-electron chi connectivity index (χ4n) is 1.76. The zero-order valence-electron chi connectivity index (χ0n) is 9.51. The van der Waals surface area contributed by atoms with Gasteiger partial charge in [0.25, 0.3) is 0 Å². The minimum atomic E-state index is -0.952. The SMILES string of the molecule is CCc1occc1C(Br)c1cc(F)c(F)cc1Cl. The fraction of sp³-hybridized carbons (Fsp3) is 0.231. The fourth-order valence-corrected chi connectivity index (χ4v) is 2.94. The van der Waals surface area contributed by atoms with E-state index in [9.17, 15) is 8.78 Å². The molecule has 96 valence electrons. The Hall–Kier alpha value is -0.870. The van der Waals surface area contributed by atoms with Gasteiger partial charge in [-0.2, -0.15) is 0 Å². The molecule has 1 nitrogen and oxygen atoms in total. The molecule has 1 atom stereocenters. The first-order valence-electron chi connectivity index (χ1n) is 5.39. The number of alkyl halides is 1. The van der Waals surface area contributed by atoms with Crippen molar-refractivity contribution in [2.24, 2.45) is 0 Å². The largest absolute Gasteiger partial charge is 0.469 e. The van der Waals surface area contributed by atoms with Crippen LogP contribution in [0.1, 0.15) is 28.6 Å². The van der Waals surface area contributed by atoms with Crippen LogP contribution in [0.3, 0.4) is 0 Å². The lowest BCUT2D eigenvalue weighted by molar-refractivity contribution is 0.506. The first-order valence-corrected chi connectivity index (χ1v) is 6.68. The summed E-state index contributed by atoms with van der Waals surface area (Å²) in [5.74, 6) is -1.08. The van der Waals surface area contributed by atoms with Crippen molar-refractivity contribution in [3.63, 3.8) is 0 Å². The van der Waals surface area contributed by atoms with Crippen LogP contribution in [-0.2, 0) is 6.42 Å². The Kier molecular flexibility index (Phi) is 4.07. The van der Waals surface area contributed by atoms with Gasteiger partial charge in [-0.1, -0.05) is 34.5 Å². The molecule has 0 saturated carbocycles. The van der Waals surface area contributed by atoms with Crippen molar-refractivity contribution in [1.82, 2.24) is 0 Å². The standard InChI is InChI=1S/C13H10BrClF2O/c1-2-12-7(3-4-18-12)13(14)8-5-10(16)11(17)6-9(8)15/h3-6,13H,2H2,1H3. The zero-order chi connectivity index (χ0) is 13.3. The first kappa shape index (κ1) is 13.6. The van der Waals surface area contributed by atoms with Crippen LogP contribution in [0.25, 0.3) is 0 Å². The van der Waals surface area contributed by atoms with Crippen molar-refractivity contribution in [1.29, 1.82) is 0 Å². The Morgan fingerprint density at radius 2 is 1.94 bits per heavy atom. The van der Waals surface area contributed by atoms with Gasteiger partial charge in [-0.15, -0.1) is 0 Å². The molecule has 0 amide bonds. The van der Waals surface area contributed by atoms with E-state index in [1.165, 1.54) is 0 Å². The van der Waals surface area contributed by atoms with Gasteiger partial charge in [0.05, 0.1) is 11.1 Å². The van der Waals surface area contributed by atoms with Crippen LogP contribution in [-0.4, -0.2) is 0 Å². The average Bonchev–Trinajstić information content (AvgIpc) is 2.81. The van der Waals surface area contributed by atoms with E-state index in [1.54, 1.807) is 12.3 Å². The summed E-state index contributed by atoms with van der Waals surface area (Å²) < 4.78 is 31.6. The maximum atomic E-state index is 13.3. The number of hydrogen-bond acceptors (Lipinski definition) is 1. The van der Waals surface area contributed by atoms with Crippen molar-refractivity contribution >= 4 is 27.5 Å². The Morgan fingerprint density at radius 1 is 1.28 bits per heavy atom. The number of furan rings is 1. The van der Waals surface area contributed by atoms with E-state index in [0.717, 1.165) is 23.5 Å². The van der Waals surface area contributed by atoms with E-state index in [1.807, 2.05) is 6.92 Å². The molecule has 0 fully saturated rings. The highest BCUT2D eigenvalue weighted by molar-refractivity contribution is 9.09. The zero-order valence-corrected chi connectivity index (χ0v) is 11.9. The Morgan fingerprint density at radius 3 is 2.61 bits per heavy atom. The van der Waals surface area contributed by atoms with Crippen molar-refractivity contribution in [3.05, 3.63) is 58.0 Å². The van der Waals surface area contributed by atoms with Crippen molar-refractivity contribution in [2.75, 3.05) is 0 Å². The van der Waals surface area contributed by atoms with Crippen LogP contribution in [0.5, 0.6) is 0 Å². The lowest BCUT2D eigenvalue weighted by atomic mass is 10.0. The highest BCUT2D eigenvalue weighted by atomic mass is 79.9. The molecule has 2 aromatic rings. The van der Waals surface area contributed by atoms with E-state index in [2.05, 4.69) is 15.9 Å². The van der Waals surface area contributed by atoms with Gasteiger partial charge < -0.3 is 4.42 Å². The molecular formula is C13H10BrClF2O. The number of aryl methyl sites for hydroxylation is 1. The monoisotopic (exact) mass is 334 g/mol. The Labute approximate surface area is 117 Å². The molecule has 1 heterocycles. The minimum absolute atomic E-state index is 0.180. The molecular weight excluding hydrogens is 325 g/mol. The molecule has 2 rings (SSSR count). The summed E-state index contributed by atoms with van der Waals surface area (Å²) in [5.41, 5.74) is 1.34. The molecule has 0 N–H and O–H groups in total. The lowest BCUT2D eigenvalue weighted by Crippen LogP contribution is -1.98. The summed E-state index contributed by atoms with van der Waals surface area (Å²) in [6, 6.07) is 3.87. The molecule has 0 spiro atoms. The molecule has 1 aromatic carbocycles. The quantitative estimate of drug-likeness (QED) is 0.551. The third kappa shape index (κ3) is 2.45. The second kappa shape index (κ2) is 5.41. The molecule has 1 aromatic heterocycles. The van der Waals surface area contributed by atoms with Crippen LogP contribution in [0, 0.1) is 11.6 Å². The molecule has 0 radical (unpaired) electrons. The topological polar surface area (TPSA) is 13.1 Å². The highest BCUT2D eigenvalue weighted by Gasteiger charge is 2.20. The summed E-state index contributed by atoms with van der Waals surface area (Å²) >= 11 is 9.38. The van der Waals surface area contributed by atoms with Gasteiger partial charge >= 0.3 is 0 Å². The number of hydrogen-bond donors (Lipinski definition) is 0. The summed E-state index contributed by atoms with van der Waals surface area (Å²) in [5, 5.41) is 0.180. The molecule has 5 heteroatoms. The van der Waals surface area contributed by atoms with Crippen molar-refractivity contribution < 1.29 is 13.2 Å². The minimum Gasteiger partial charge on any atom is -0.469 e. The third-order valence-electron chi connectivity index (χ3n) is 2.69. The van der Waals surface area contributed by atoms with Gasteiger partial charge in [0, 0.05) is 17.0 Å². The molecule has 1 unspecified atom stereocenters. The van der Waals surface area contributed by atoms with E-state index in [4.69, 9.17) is 16.0 Å². The predicted octanol–water partition coefficient (Wildman–Crippen LogP) is 5.26. The predicted molar refractivity (Wildman–Crippen MR) is 70.2 cm³/mol. The molecule has 0 aliphatic heterocycles. The van der Waals surface area contributed by atoms with Crippen LogP contribution in [0.2, 0.25) is 5.02 Å². The van der Waals surface area contributed by atoms with Gasteiger partial charge in [0.2, 0.25) is 0 Å². The molecule has 18 heavy (non-hydrogen) atoms. The van der Waals surface area contributed by atoms with Crippen LogP contribution in [0.15, 0.2) is 28.9 Å². The number of halogens is 4. The van der Waals surface area contributed by atoms with Gasteiger partial charge in [-0.25, -0.2) is 8.78 Å².